The van der Waals surface area contributed by atoms with E-state index in [1.165, 1.54) is 36.1 Å². The van der Waals surface area contributed by atoms with E-state index < -0.39 is 56.9 Å². The van der Waals surface area contributed by atoms with Crippen LogP contribution in [-0.4, -0.2) is 43.8 Å². The highest BCUT2D eigenvalue weighted by Gasteiger charge is 2.37. The first-order valence-corrected chi connectivity index (χ1v) is 16.7. The first-order valence-electron chi connectivity index (χ1n) is 14.5. The maximum absolute atomic E-state index is 14.1. The van der Waals surface area contributed by atoms with Gasteiger partial charge >= 0.3 is 6.18 Å². The van der Waals surface area contributed by atoms with E-state index in [9.17, 15) is 31.2 Å². The molecule has 242 valence electrons. The molecular weight excluding hydrogens is 650 g/mol. The van der Waals surface area contributed by atoms with Crippen molar-refractivity contribution >= 4 is 50.7 Å². The van der Waals surface area contributed by atoms with Crippen LogP contribution in [0.4, 0.5) is 18.9 Å². The van der Waals surface area contributed by atoms with Crippen LogP contribution >= 0.6 is 23.2 Å². The smallest absolute Gasteiger partial charge is 0.352 e. The zero-order valence-electron chi connectivity index (χ0n) is 24.8. The Hall–Kier alpha value is -3.28. The summed E-state index contributed by atoms with van der Waals surface area (Å²) < 4.78 is 70.0. The number of amides is 2. The molecule has 1 aliphatic carbocycles. The molecule has 2 amide bonds. The van der Waals surface area contributed by atoms with Crippen LogP contribution < -0.4 is 9.62 Å². The standard InChI is InChI=1S/C32H34Cl2F3N3O4S/c1-21-12-15-26(16-13-21)45(43,44)40(25-14-17-29(34)27(18-25)32(35,36)37)20-30(41)39(19-23-8-6-7-11-28(23)33)22(2)31(42)38-24-9-4-3-5-10-24/h6-8,11-18,22,24H,3-5,9-10,19-20H2,1-2H3,(H,38,42)/t22-/m1/s1. The number of aryl methyl sites for hydroxylation is 1. The molecule has 3 aromatic carbocycles. The van der Waals surface area contributed by atoms with Crippen molar-refractivity contribution in [2.24, 2.45) is 0 Å². The van der Waals surface area contributed by atoms with Gasteiger partial charge in [-0.15, -0.1) is 0 Å². The van der Waals surface area contributed by atoms with Crippen LogP contribution in [0, 0.1) is 6.92 Å². The van der Waals surface area contributed by atoms with Crippen LogP contribution in [0.15, 0.2) is 71.6 Å². The monoisotopic (exact) mass is 683 g/mol. The predicted octanol–water partition coefficient (Wildman–Crippen LogP) is 7.38. The fourth-order valence-electron chi connectivity index (χ4n) is 5.21. The van der Waals surface area contributed by atoms with Crippen molar-refractivity contribution in [1.29, 1.82) is 0 Å². The fourth-order valence-corrected chi connectivity index (χ4v) is 7.04. The lowest BCUT2D eigenvalue weighted by molar-refractivity contribution is -0.139. The van der Waals surface area contributed by atoms with Crippen LogP contribution in [0.3, 0.4) is 0 Å². The van der Waals surface area contributed by atoms with Crippen LogP contribution in [0.2, 0.25) is 10.0 Å². The molecule has 1 fully saturated rings. The van der Waals surface area contributed by atoms with Gasteiger partial charge in [0.2, 0.25) is 11.8 Å². The summed E-state index contributed by atoms with van der Waals surface area (Å²) in [6.45, 7) is 2.22. The Labute approximate surface area is 271 Å². The molecule has 3 aromatic rings. The number of hydrogen-bond acceptors (Lipinski definition) is 4. The largest absolute Gasteiger partial charge is 0.417 e. The van der Waals surface area contributed by atoms with Crippen molar-refractivity contribution in [2.45, 2.75) is 75.7 Å². The molecular formula is C32H34Cl2F3N3O4S. The van der Waals surface area contributed by atoms with Crippen LogP contribution in [0.25, 0.3) is 0 Å². The van der Waals surface area contributed by atoms with E-state index in [1.54, 1.807) is 31.2 Å². The molecule has 0 heterocycles. The van der Waals surface area contributed by atoms with Crippen LogP contribution in [-0.2, 0) is 32.3 Å². The van der Waals surface area contributed by atoms with Gasteiger partial charge in [0.1, 0.15) is 12.6 Å². The summed E-state index contributed by atoms with van der Waals surface area (Å²) in [4.78, 5) is 28.5. The molecule has 0 aliphatic heterocycles. The number of nitrogens with zero attached hydrogens (tertiary/aromatic N) is 2. The molecule has 0 bridgehead atoms. The van der Waals surface area contributed by atoms with Gasteiger partial charge in [-0.25, -0.2) is 8.42 Å². The van der Waals surface area contributed by atoms with Gasteiger partial charge in [0.15, 0.2) is 0 Å². The van der Waals surface area contributed by atoms with Crippen molar-refractivity contribution in [1.82, 2.24) is 10.2 Å². The lowest BCUT2D eigenvalue weighted by Crippen LogP contribution is -2.53. The highest BCUT2D eigenvalue weighted by Crippen LogP contribution is 2.38. The van der Waals surface area contributed by atoms with E-state index in [2.05, 4.69) is 5.32 Å². The second kappa shape index (κ2) is 14.4. The summed E-state index contributed by atoms with van der Waals surface area (Å²) >= 11 is 12.2. The normalized spacial score (nSPS) is 14.9. The second-order valence-corrected chi connectivity index (χ2v) is 13.8. The van der Waals surface area contributed by atoms with Gasteiger partial charge in [-0.05, 0) is 68.7 Å². The first-order chi connectivity index (χ1) is 21.2. The minimum absolute atomic E-state index is 0.0563. The van der Waals surface area contributed by atoms with Gasteiger partial charge in [-0.1, -0.05) is 78.4 Å². The summed E-state index contributed by atoms with van der Waals surface area (Å²) in [6.07, 6.45) is -0.276. The molecule has 1 N–H and O–H groups in total. The average Bonchev–Trinajstić information content (AvgIpc) is 2.99. The quantitative estimate of drug-likeness (QED) is 0.242. The highest BCUT2D eigenvalue weighted by atomic mass is 35.5. The minimum Gasteiger partial charge on any atom is -0.352 e. The first kappa shape index (κ1) is 34.6. The maximum Gasteiger partial charge on any atom is 0.417 e. The lowest BCUT2D eigenvalue weighted by atomic mass is 9.95. The summed E-state index contributed by atoms with van der Waals surface area (Å²) in [7, 11) is -4.58. The Balaban J connectivity index is 1.75. The number of nitrogens with one attached hydrogen (secondary N) is 1. The highest BCUT2D eigenvalue weighted by molar-refractivity contribution is 7.92. The summed E-state index contributed by atoms with van der Waals surface area (Å²) in [5.41, 5.74) is -0.418. The van der Waals surface area contributed by atoms with E-state index in [0.29, 0.717) is 21.0 Å². The molecule has 13 heteroatoms. The zero-order chi connectivity index (χ0) is 32.9. The SMILES string of the molecule is Cc1ccc(S(=O)(=O)N(CC(=O)N(Cc2ccccc2Cl)[C@H](C)C(=O)NC2CCCCC2)c2ccc(Cl)c(C(F)(F)F)c2)cc1. The van der Waals surface area contributed by atoms with Gasteiger partial charge in [0.25, 0.3) is 10.0 Å². The Morgan fingerprint density at radius 1 is 0.956 bits per heavy atom. The molecule has 0 spiro atoms. The van der Waals surface area contributed by atoms with Crippen molar-refractivity contribution in [2.75, 3.05) is 10.8 Å². The third kappa shape index (κ3) is 8.51. The van der Waals surface area contributed by atoms with Crippen molar-refractivity contribution in [3.05, 3.63) is 93.5 Å². The molecule has 0 aromatic heterocycles. The molecule has 4 rings (SSSR count). The maximum atomic E-state index is 14.1. The minimum atomic E-state index is -4.89. The number of rotatable bonds is 10. The number of alkyl halides is 3. The number of benzene rings is 3. The lowest BCUT2D eigenvalue weighted by Gasteiger charge is -2.33. The zero-order valence-corrected chi connectivity index (χ0v) is 27.1. The number of carbonyl (C=O) groups excluding carboxylic acids is 2. The molecule has 0 unspecified atom stereocenters. The molecule has 1 saturated carbocycles. The number of carbonyl (C=O) groups is 2. The molecule has 1 aliphatic rings. The topological polar surface area (TPSA) is 86.8 Å². The second-order valence-electron chi connectivity index (χ2n) is 11.1. The Kier molecular flexibility index (Phi) is 11.1. The van der Waals surface area contributed by atoms with Crippen molar-refractivity contribution < 1.29 is 31.2 Å². The van der Waals surface area contributed by atoms with Gasteiger partial charge in [0.05, 0.1) is 21.2 Å². The summed E-state index contributed by atoms with van der Waals surface area (Å²) in [5.74, 6) is -1.25. The van der Waals surface area contributed by atoms with Crippen LogP contribution in [0.1, 0.15) is 55.7 Å². The van der Waals surface area contributed by atoms with E-state index in [-0.39, 0.29) is 17.5 Å². The van der Waals surface area contributed by atoms with E-state index >= 15 is 0 Å². The number of anilines is 1. The van der Waals surface area contributed by atoms with Gasteiger partial charge < -0.3 is 10.2 Å². The van der Waals surface area contributed by atoms with Crippen LogP contribution in [0.5, 0.6) is 0 Å². The van der Waals surface area contributed by atoms with Crippen molar-refractivity contribution in [3.8, 4) is 0 Å². The third-order valence-corrected chi connectivity index (χ3v) is 10.3. The Morgan fingerprint density at radius 2 is 1.60 bits per heavy atom. The van der Waals surface area contributed by atoms with Gasteiger partial charge in [-0.3, -0.25) is 13.9 Å². The van der Waals surface area contributed by atoms with Crippen molar-refractivity contribution in [3.63, 3.8) is 0 Å². The number of hydrogen-bond donors (Lipinski definition) is 1. The Bertz CT molecular complexity index is 1630. The number of halogens is 5. The third-order valence-electron chi connectivity index (χ3n) is 7.85. The molecule has 7 nitrogen and oxygen atoms in total. The molecule has 45 heavy (non-hydrogen) atoms. The predicted molar refractivity (Wildman–Crippen MR) is 169 cm³/mol. The van der Waals surface area contributed by atoms with Gasteiger partial charge in [0, 0.05) is 17.6 Å². The average molecular weight is 685 g/mol. The summed E-state index contributed by atoms with van der Waals surface area (Å²) in [6, 6.07) is 13.9. The molecule has 1 atom stereocenters. The van der Waals surface area contributed by atoms with Gasteiger partial charge in [-0.2, -0.15) is 13.2 Å². The molecule has 0 saturated heterocycles. The fraction of sp³-hybridized carbons (Fsp3) is 0.375. The van der Waals surface area contributed by atoms with E-state index in [0.717, 1.165) is 49.8 Å². The molecule has 0 radical (unpaired) electrons. The Morgan fingerprint density at radius 3 is 2.22 bits per heavy atom. The summed E-state index contributed by atoms with van der Waals surface area (Å²) in [5, 5.41) is 2.69. The number of sulfonamides is 1. The van der Waals surface area contributed by atoms with E-state index in [4.69, 9.17) is 23.2 Å². The van der Waals surface area contributed by atoms with E-state index in [1.807, 2.05) is 0 Å².